The number of alkyl halides is 3. The van der Waals surface area contributed by atoms with Crippen molar-refractivity contribution in [1.82, 2.24) is 15.1 Å². The number of nitrogens with one attached hydrogen (secondary N) is 1. The highest BCUT2D eigenvalue weighted by Crippen LogP contribution is 2.32. The van der Waals surface area contributed by atoms with E-state index in [0.29, 0.717) is 13.0 Å². The average molecular weight is 558 g/mol. The molecule has 0 bridgehead atoms. The molecule has 0 spiro atoms. The van der Waals surface area contributed by atoms with Crippen LogP contribution in [0.5, 0.6) is 11.5 Å². The maximum absolute atomic E-state index is 12.1. The molecule has 2 heterocycles. The lowest BCUT2D eigenvalue weighted by molar-refractivity contribution is -0.173. The van der Waals surface area contributed by atoms with Crippen molar-refractivity contribution in [2.75, 3.05) is 59.3 Å². The summed E-state index contributed by atoms with van der Waals surface area (Å²) in [5.41, 5.74) is 1.19. The van der Waals surface area contributed by atoms with Crippen molar-refractivity contribution in [2.24, 2.45) is 4.99 Å². The molecule has 1 saturated heterocycles. The van der Waals surface area contributed by atoms with Gasteiger partial charge in [-0.05, 0) is 31.0 Å². The van der Waals surface area contributed by atoms with Gasteiger partial charge in [0.2, 0.25) is 6.79 Å². The van der Waals surface area contributed by atoms with Crippen LogP contribution in [0.15, 0.2) is 23.2 Å². The largest absolute Gasteiger partial charge is 0.454 e. The molecule has 0 atom stereocenters. The van der Waals surface area contributed by atoms with Gasteiger partial charge in [0.15, 0.2) is 17.5 Å². The standard InChI is InChI=1S/C20H29F3N4O3.HI/c1-2-24-19(25-6-3-11-28-14-20(21,22)23)27-9-7-26(8-10-27)13-16-4-5-17-18(12-16)30-15-29-17;/h4-5,12H,2-3,6-11,13-15H2,1H3,(H,24,25);1H. The highest BCUT2D eigenvalue weighted by atomic mass is 127. The number of guanidine groups is 1. The van der Waals surface area contributed by atoms with Gasteiger partial charge in [-0.25, -0.2) is 0 Å². The number of hydrogen-bond acceptors (Lipinski definition) is 5. The van der Waals surface area contributed by atoms with E-state index in [1.807, 2.05) is 19.1 Å². The molecule has 3 rings (SSSR count). The number of halogens is 4. The molecule has 0 saturated carbocycles. The third-order valence-electron chi connectivity index (χ3n) is 4.82. The van der Waals surface area contributed by atoms with Gasteiger partial charge in [0.25, 0.3) is 0 Å². The van der Waals surface area contributed by atoms with Gasteiger partial charge in [0.1, 0.15) is 6.61 Å². The Morgan fingerprint density at radius 3 is 2.61 bits per heavy atom. The van der Waals surface area contributed by atoms with Crippen LogP contribution in [-0.2, 0) is 11.3 Å². The molecule has 0 aliphatic carbocycles. The summed E-state index contributed by atoms with van der Waals surface area (Å²) in [7, 11) is 0. The Hall–Kier alpha value is -1.47. The predicted molar refractivity (Wildman–Crippen MR) is 122 cm³/mol. The van der Waals surface area contributed by atoms with E-state index >= 15 is 0 Å². The Bertz CT molecular complexity index is 713. The fraction of sp³-hybridized carbons (Fsp3) is 0.650. The maximum Gasteiger partial charge on any atom is 0.411 e. The van der Waals surface area contributed by atoms with E-state index in [9.17, 15) is 13.2 Å². The lowest BCUT2D eigenvalue weighted by Gasteiger charge is -2.36. The number of fused-ring (bicyclic) bond motifs is 1. The highest BCUT2D eigenvalue weighted by Gasteiger charge is 2.27. The topological polar surface area (TPSA) is 58.6 Å². The van der Waals surface area contributed by atoms with Crippen LogP contribution in [0.1, 0.15) is 18.9 Å². The van der Waals surface area contributed by atoms with E-state index < -0.39 is 12.8 Å². The number of ether oxygens (including phenoxy) is 3. The van der Waals surface area contributed by atoms with Gasteiger partial charge in [-0.3, -0.25) is 9.89 Å². The van der Waals surface area contributed by atoms with Crippen molar-refractivity contribution >= 4 is 29.9 Å². The van der Waals surface area contributed by atoms with Gasteiger partial charge in [-0.15, -0.1) is 24.0 Å². The van der Waals surface area contributed by atoms with E-state index in [1.54, 1.807) is 0 Å². The molecule has 0 unspecified atom stereocenters. The molecule has 1 aromatic carbocycles. The molecule has 0 aromatic heterocycles. The number of nitrogens with zero attached hydrogens (tertiary/aromatic N) is 3. The fourth-order valence-electron chi connectivity index (χ4n) is 3.38. The average Bonchev–Trinajstić information content (AvgIpc) is 3.17. The van der Waals surface area contributed by atoms with Crippen molar-refractivity contribution in [3.8, 4) is 11.5 Å². The summed E-state index contributed by atoms with van der Waals surface area (Å²) in [4.78, 5) is 9.11. The van der Waals surface area contributed by atoms with Crippen LogP contribution >= 0.6 is 24.0 Å². The van der Waals surface area contributed by atoms with E-state index in [4.69, 9.17) is 9.47 Å². The Labute approximate surface area is 197 Å². The highest BCUT2D eigenvalue weighted by molar-refractivity contribution is 14.0. The Kier molecular flexibility index (Phi) is 10.4. The molecule has 31 heavy (non-hydrogen) atoms. The molecule has 0 amide bonds. The van der Waals surface area contributed by atoms with Gasteiger partial charge in [-0.1, -0.05) is 6.07 Å². The molecule has 1 N–H and O–H groups in total. The molecular formula is C20H30F3IN4O3. The summed E-state index contributed by atoms with van der Waals surface area (Å²) < 4.78 is 51.7. The first-order valence-corrected chi connectivity index (χ1v) is 10.2. The molecule has 1 fully saturated rings. The Morgan fingerprint density at radius 1 is 1.16 bits per heavy atom. The van der Waals surface area contributed by atoms with Gasteiger partial charge in [0.05, 0.1) is 0 Å². The quantitative estimate of drug-likeness (QED) is 0.229. The van der Waals surface area contributed by atoms with E-state index in [2.05, 4.69) is 30.9 Å². The fourth-order valence-corrected chi connectivity index (χ4v) is 3.38. The van der Waals surface area contributed by atoms with Crippen molar-refractivity contribution < 1.29 is 27.4 Å². The van der Waals surface area contributed by atoms with Crippen molar-refractivity contribution in [3.63, 3.8) is 0 Å². The molecule has 0 radical (unpaired) electrons. The number of rotatable bonds is 8. The van der Waals surface area contributed by atoms with E-state index in [-0.39, 0.29) is 37.4 Å². The van der Waals surface area contributed by atoms with Crippen LogP contribution in [0.3, 0.4) is 0 Å². The minimum atomic E-state index is -4.28. The second-order valence-corrected chi connectivity index (χ2v) is 7.21. The first-order chi connectivity index (χ1) is 14.4. The van der Waals surface area contributed by atoms with Crippen molar-refractivity contribution in [1.29, 1.82) is 0 Å². The number of aliphatic imine (C=N–C) groups is 1. The molecule has 2 aliphatic rings. The zero-order valence-electron chi connectivity index (χ0n) is 17.6. The lowest BCUT2D eigenvalue weighted by Crippen LogP contribution is -2.52. The van der Waals surface area contributed by atoms with E-state index in [0.717, 1.165) is 56.7 Å². The Balaban J connectivity index is 0.00000341. The summed E-state index contributed by atoms with van der Waals surface area (Å²) >= 11 is 0. The lowest BCUT2D eigenvalue weighted by atomic mass is 10.1. The summed E-state index contributed by atoms with van der Waals surface area (Å²) in [5.74, 6) is 2.39. The minimum absolute atomic E-state index is 0. The van der Waals surface area contributed by atoms with Gasteiger partial charge < -0.3 is 24.4 Å². The normalized spacial score (nSPS) is 16.9. The van der Waals surface area contributed by atoms with Crippen molar-refractivity contribution in [3.05, 3.63) is 23.8 Å². The first-order valence-electron chi connectivity index (χ1n) is 10.2. The zero-order valence-corrected chi connectivity index (χ0v) is 19.9. The second-order valence-electron chi connectivity index (χ2n) is 7.21. The summed E-state index contributed by atoms with van der Waals surface area (Å²) in [6, 6.07) is 6.04. The molecule has 7 nitrogen and oxygen atoms in total. The number of piperazine rings is 1. The number of hydrogen-bond donors (Lipinski definition) is 1. The van der Waals surface area contributed by atoms with Crippen LogP contribution < -0.4 is 14.8 Å². The van der Waals surface area contributed by atoms with Crippen LogP contribution in [0, 0.1) is 0 Å². The van der Waals surface area contributed by atoms with Crippen molar-refractivity contribution in [2.45, 2.75) is 26.1 Å². The van der Waals surface area contributed by atoms with Gasteiger partial charge in [0, 0.05) is 52.4 Å². The third-order valence-corrected chi connectivity index (χ3v) is 4.82. The molecule has 2 aliphatic heterocycles. The van der Waals surface area contributed by atoms with Crippen LogP contribution in [-0.4, -0.2) is 81.2 Å². The summed E-state index contributed by atoms with van der Waals surface area (Å²) in [5, 5.41) is 3.27. The second kappa shape index (κ2) is 12.5. The smallest absolute Gasteiger partial charge is 0.411 e. The maximum atomic E-state index is 12.1. The number of benzene rings is 1. The SMILES string of the molecule is CCNC(=NCCCOCC(F)(F)F)N1CCN(Cc2ccc3c(c2)OCO3)CC1.I. The predicted octanol–water partition coefficient (Wildman–Crippen LogP) is 3.09. The first kappa shape index (κ1) is 25.8. The molecule has 176 valence electrons. The minimum Gasteiger partial charge on any atom is -0.454 e. The summed E-state index contributed by atoms with van der Waals surface area (Å²) in [6.45, 7) is 6.58. The zero-order chi connectivity index (χ0) is 21.4. The van der Waals surface area contributed by atoms with Gasteiger partial charge >= 0.3 is 6.18 Å². The molecular weight excluding hydrogens is 528 g/mol. The molecule has 1 aromatic rings. The Morgan fingerprint density at radius 2 is 1.90 bits per heavy atom. The molecule has 11 heteroatoms. The van der Waals surface area contributed by atoms with Crippen LogP contribution in [0.2, 0.25) is 0 Å². The van der Waals surface area contributed by atoms with E-state index in [1.165, 1.54) is 5.56 Å². The summed E-state index contributed by atoms with van der Waals surface area (Å²) in [6.07, 6.45) is -3.83. The van der Waals surface area contributed by atoms with Crippen LogP contribution in [0.25, 0.3) is 0 Å². The monoisotopic (exact) mass is 558 g/mol. The van der Waals surface area contributed by atoms with Gasteiger partial charge in [-0.2, -0.15) is 13.2 Å². The third kappa shape index (κ3) is 8.53. The van der Waals surface area contributed by atoms with Crippen LogP contribution in [0.4, 0.5) is 13.2 Å².